The van der Waals surface area contributed by atoms with Gasteiger partial charge in [-0.25, -0.2) is 18.1 Å². The third kappa shape index (κ3) is 4.39. The molecule has 1 aromatic heterocycles. The van der Waals surface area contributed by atoms with Crippen molar-refractivity contribution in [3.8, 4) is 0 Å². The van der Waals surface area contributed by atoms with Gasteiger partial charge in [-0.15, -0.1) is 0 Å². The van der Waals surface area contributed by atoms with E-state index in [-0.39, 0.29) is 15.5 Å². The predicted molar refractivity (Wildman–Crippen MR) is 87.0 cm³/mol. The predicted octanol–water partition coefficient (Wildman–Crippen LogP) is 2.51. The zero-order chi connectivity index (χ0) is 15.7. The molecule has 1 aliphatic rings. The molecule has 21 heavy (non-hydrogen) atoms. The molecule has 1 aliphatic heterocycles. The maximum Gasteiger partial charge on any atom is 0.243 e. The Hall–Kier alpha value is -0.210. The highest BCUT2D eigenvalue weighted by molar-refractivity contribution is 9.10. The number of pyridine rings is 1. The normalized spacial score (nSPS) is 19.6. The number of nitrogens with zero attached hydrogens (tertiary/aromatic N) is 2. The SMILES string of the molecule is CN1CCC(C)(CNS(=O)(=O)c2cc(Br)cnc2Cl)CC1. The molecule has 118 valence electrons. The molecule has 0 amide bonds. The Balaban J connectivity index is 2.09. The van der Waals surface area contributed by atoms with E-state index in [1.54, 1.807) is 0 Å². The van der Waals surface area contributed by atoms with Gasteiger partial charge < -0.3 is 4.90 Å². The fourth-order valence-electron chi connectivity index (χ4n) is 2.27. The van der Waals surface area contributed by atoms with Crippen molar-refractivity contribution in [2.75, 3.05) is 26.7 Å². The van der Waals surface area contributed by atoms with Crippen molar-refractivity contribution < 1.29 is 8.42 Å². The first-order valence-electron chi connectivity index (χ1n) is 6.71. The summed E-state index contributed by atoms with van der Waals surface area (Å²) in [6.45, 7) is 4.49. The molecule has 0 atom stereocenters. The third-order valence-corrected chi connectivity index (χ3v) is 6.21. The van der Waals surface area contributed by atoms with Gasteiger partial charge >= 0.3 is 0 Å². The van der Waals surface area contributed by atoms with Crippen molar-refractivity contribution >= 4 is 37.6 Å². The van der Waals surface area contributed by atoms with Crippen LogP contribution in [0.5, 0.6) is 0 Å². The number of sulfonamides is 1. The van der Waals surface area contributed by atoms with Gasteiger partial charge in [-0.3, -0.25) is 0 Å². The lowest BCUT2D eigenvalue weighted by molar-refractivity contribution is 0.143. The van der Waals surface area contributed by atoms with Crippen LogP contribution in [0.15, 0.2) is 21.6 Å². The summed E-state index contributed by atoms with van der Waals surface area (Å²) in [5.41, 5.74) is -0.0223. The Morgan fingerprint density at radius 1 is 1.48 bits per heavy atom. The Morgan fingerprint density at radius 3 is 2.71 bits per heavy atom. The molecule has 0 aliphatic carbocycles. The summed E-state index contributed by atoms with van der Waals surface area (Å²) in [5, 5.41) is -0.0146. The molecule has 1 N–H and O–H groups in total. The number of piperidine rings is 1. The second-order valence-corrected chi connectivity index (χ2v) is 8.89. The standard InChI is InChI=1S/C13H19BrClN3O2S/c1-13(3-5-18(2)6-4-13)9-17-21(19,20)11-7-10(14)8-16-12(11)15/h7-8,17H,3-6,9H2,1-2H3. The lowest BCUT2D eigenvalue weighted by Crippen LogP contribution is -2.43. The zero-order valence-corrected chi connectivity index (χ0v) is 15.2. The van der Waals surface area contributed by atoms with Crippen LogP contribution < -0.4 is 4.72 Å². The van der Waals surface area contributed by atoms with Crippen LogP contribution in [0.25, 0.3) is 0 Å². The average molecular weight is 397 g/mol. The molecule has 1 aromatic rings. The summed E-state index contributed by atoms with van der Waals surface area (Å²) >= 11 is 9.11. The van der Waals surface area contributed by atoms with Crippen LogP contribution in [0.4, 0.5) is 0 Å². The van der Waals surface area contributed by atoms with Gasteiger partial charge in [0.15, 0.2) is 0 Å². The molecule has 0 unspecified atom stereocenters. The second kappa shape index (κ2) is 6.50. The molecule has 0 saturated carbocycles. The Labute approximate surface area is 139 Å². The van der Waals surface area contributed by atoms with E-state index >= 15 is 0 Å². The fraction of sp³-hybridized carbons (Fsp3) is 0.615. The Kier molecular flexibility index (Phi) is 5.31. The summed E-state index contributed by atoms with van der Waals surface area (Å²) in [4.78, 5) is 6.12. The summed E-state index contributed by atoms with van der Waals surface area (Å²) < 4.78 is 28.0. The molecule has 0 radical (unpaired) electrons. The topological polar surface area (TPSA) is 62.3 Å². The molecule has 2 rings (SSSR count). The molecular formula is C13H19BrClN3O2S. The Bertz CT molecular complexity index is 616. The number of aromatic nitrogens is 1. The fourth-order valence-corrected chi connectivity index (χ4v) is 4.42. The van der Waals surface area contributed by atoms with Crippen molar-refractivity contribution in [1.82, 2.24) is 14.6 Å². The maximum atomic E-state index is 12.4. The molecule has 1 fully saturated rings. The summed E-state index contributed by atoms with van der Waals surface area (Å²) in [6, 6.07) is 1.47. The van der Waals surface area contributed by atoms with Crippen LogP contribution in [0.3, 0.4) is 0 Å². The largest absolute Gasteiger partial charge is 0.306 e. The van der Waals surface area contributed by atoms with Crippen molar-refractivity contribution in [2.24, 2.45) is 5.41 Å². The van der Waals surface area contributed by atoms with Gasteiger partial charge in [-0.1, -0.05) is 18.5 Å². The first-order chi connectivity index (χ1) is 9.72. The smallest absolute Gasteiger partial charge is 0.243 e. The first kappa shape index (κ1) is 17.1. The molecule has 1 saturated heterocycles. The van der Waals surface area contributed by atoms with Gasteiger partial charge in [0, 0.05) is 17.2 Å². The molecule has 0 spiro atoms. The minimum Gasteiger partial charge on any atom is -0.306 e. The molecular weight excluding hydrogens is 378 g/mol. The molecule has 0 bridgehead atoms. The molecule has 0 aromatic carbocycles. The highest BCUT2D eigenvalue weighted by Gasteiger charge is 2.31. The summed E-state index contributed by atoms with van der Waals surface area (Å²) in [7, 11) is -1.57. The van der Waals surface area contributed by atoms with Crippen LogP contribution >= 0.6 is 27.5 Å². The van der Waals surface area contributed by atoms with Crippen molar-refractivity contribution in [3.63, 3.8) is 0 Å². The lowest BCUT2D eigenvalue weighted by atomic mass is 9.81. The minimum atomic E-state index is -3.65. The van der Waals surface area contributed by atoms with Gasteiger partial charge in [0.25, 0.3) is 0 Å². The number of halogens is 2. The van der Waals surface area contributed by atoms with E-state index in [4.69, 9.17) is 11.6 Å². The zero-order valence-electron chi connectivity index (χ0n) is 12.1. The number of hydrogen-bond acceptors (Lipinski definition) is 4. The third-order valence-electron chi connectivity index (χ3n) is 3.95. The highest BCUT2D eigenvalue weighted by atomic mass is 79.9. The van der Waals surface area contributed by atoms with E-state index in [0.29, 0.717) is 11.0 Å². The second-order valence-electron chi connectivity index (χ2n) is 5.88. The maximum absolute atomic E-state index is 12.4. The first-order valence-corrected chi connectivity index (χ1v) is 9.37. The number of nitrogens with one attached hydrogen (secondary N) is 1. The van der Waals surface area contributed by atoms with Crippen molar-refractivity contribution in [1.29, 1.82) is 0 Å². The van der Waals surface area contributed by atoms with E-state index in [2.05, 4.69) is 44.5 Å². The van der Waals surface area contributed by atoms with Crippen molar-refractivity contribution in [2.45, 2.75) is 24.7 Å². The van der Waals surface area contributed by atoms with Gasteiger partial charge in [0.1, 0.15) is 10.0 Å². The van der Waals surface area contributed by atoms with Crippen LogP contribution in [0.1, 0.15) is 19.8 Å². The van der Waals surface area contributed by atoms with Crippen molar-refractivity contribution in [3.05, 3.63) is 21.9 Å². The van der Waals surface area contributed by atoms with E-state index < -0.39 is 10.0 Å². The summed E-state index contributed by atoms with van der Waals surface area (Å²) in [5.74, 6) is 0. The average Bonchev–Trinajstić information content (AvgIpc) is 2.43. The molecule has 8 heteroatoms. The van der Waals surface area contributed by atoms with Crippen LogP contribution in [-0.4, -0.2) is 45.0 Å². The number of likely N-dealkylation sites (tertiary alicyclic amines) is 1. The molecule has 2 heterocycles. The van der Waals surface area contributed by atoms with Gasteiger partial charge in [0.05, 0.1) is 0 Å². The van der Waals surface area contributed by atoms with E-state index in [1.165, 1.54) is 12.3 Å². The van der Waals surface area contributed by atoms with E-state index in [0.717, 1.165) is 25.9 Å². The van der Waals surface area contributed by atoms with Gasteiger partial charge in [0.2, 0.25) is 10.0 Å². The van der Waals surface area contributed by atoms with Crippen LogP contribution in [0.2, 0.25) is 5.15 Å². The molecule has 5 nitrogen and oxygen atoms in total. The highest BCUT2D eigenvalue weighted by Crippen LogP contribution is 2.30. The van der Waals surface area contributed by atoms with Gasteiger partial charge in [-0.2, -0.15) is 0 Å². The van der Waals surface area contributed by atoms with E-state index in [9.17, 15) is 8.42 Å². The van der Waals surface area contributed by atoms with Gasteiger partial charge in [-0.05, 0) is 60.4 Å². The monoisotopic (exact) mass is 395 g/mol. The quantitative estimate of drug-likeness (QED) is 0.794. The number of hydrogen-bond donors (Lipinski definition) is 1. The Morgan fingerprint density at radius 2 is 2.10 bits per heavy atom. The lowest BCUT2D eigenvalue weighted by Gasteiger charge is -2.37. The van der Waals surface area contributed by atoms with Crippen LogP contribution in [-0.2, 0) is 10.0 Å². The van der Waals surface area contributed by atoms with Crippen LogP contribution in [0, 0.1) is 5.41 Å². The summed E-state index contributed by atoms with van der Waals surface area (Å²) in [6.07, 6.45) is 3.41. The minimum absolute atomic E-state index is 0.00932. The van der Waals surface area contributed by atoms with E-state index in [1.807, 2.05) is 0 Å². The number of rotatable bonds is 4.